The van der Waals surface area contributed by atoms with Crippen molar-refractivity contribution in [3.63, 3.8) is 0 Å². The number of rotatable bonds is 5. The average molecular weight is 354 g/mol. The minimum atomic E-state index is 0.640. The molecule has 4 heteroatoms. The van der Waals surface area contributed by atoms with Gasteiger partial charge in [-0.25, -0.2) is 0 Å². The second kappa shape index (κ2) is 7.11. The zero-order valence-corrected chi connectivity index (χ0v) is 13.8. The highest BCUT2D eigenvalue weighted by Crippen LogP contribution is 2.26. The predicted octanol–water partition coefficient (Wildman–Crippen LogP) is 4.24. The second-order valence-electron chi connectivity index (χ2n) is 4.79. The Morgan fingerprint density at radius 2 is 1.85 bits per heavy atom. The molecule has 0 heterocycles. The first-order valence-corrected chi connectivity index (χ1v) is 7.71. The molecule has 2 rings (SSSR count). The SMILES string of the molecule is CN(Cc1ccc(Br)cc1)c1cc(Cl)ccc1CCN. The van der Waals surface area contributed by atoms with Crippen molar-refractivity contribution in [1.29, 1.82) is 0 Å². The van der Waals surface area contributed by atoms with Gasteiger partial charge in [-0.3, -0.25) is 0 Å². The van der Waals surface area contributed by atoms with Gasteiger partial charge in [0.15, 0.2) is 0 Å². The molecule has 0 saturated carbocycles. The van der Waals surface area contributed by atoms with Gasteiger partial charge in [0.25, 0.3) is 0 Å². The third-order valence-electron chi connectivity index (χ3n) is 3.21. The Morgan fingerprint density at radius 3 is 2.50 bits per heavy atom. The van der Waals surface area contributed by atoms with E-state index in [1.807, 2.05) is 12.1 Å². The van der Waals surface area contributed by atoms with Crippen LogP contribution in [0.2, 0.25) is 5.02 Å². The minimum Gasteiger partial charge on any atom is -0.370 e. The van der Waals surface area contributed by atoms with E-state index < -0.39 is 0 Å². The van der Waals surface area contributed by atoms with Crippen LogP contribution in [0.4, 0.5) is 5.69 Å². The molecule has 2 N–H and O–H groups in total. The predicted molar refractivity (Wildman–Crippen MR) is 90.5 cm³/mol. The van der Waals surface area contributed by atoms with Gasteiger partial charge in [0.1, 0.15) is 0 Å². The van der Waals surface area contributed by atoms with E-state index in [1.54, 1.807) is 0 Å². The molecule has 0 aliphatic rings. The van der Waals surface area contributed by atoms with Gasteiger partial charge in [-0.05, 0) is 48.4 Å². The Hall–Kier alpha value is -1.03. The lowest BCUT2D eigenvalue weighted by molar-refractivity contribution is 0.892. The highest BCUT2D eigenvalue weighted by molar-refractivity contribution is 9.10. The van der Waals surface area contributed by atoms with Gasteiger partial charge < -0.3 is 10.6 Å². The van der Waals surface area contributed by atoms with Crippen molar-refractivity contribution in [3.8, 4) is 0 Å². The zero-order valence-electron chi connectivity index (χ0n) is 11.4. The smallest absolute Gasteiger partial charge is 0.0426 e. The van der Waals surface area contributed by atoms with Crippen LogP contribution in [0.5, 0.6) is 0 Å². The topological polar surface area (TPSA) is 29.3 Å². The summed E-state index contributed by atoms with van der Waals surface area (Å²) >= 11 is 9.57. The van der Waals surface area contributed by atoms with E-state index in [0.29, 0.717) is 6.54 Å². The Bertz CT molecular complexity index is 569. The summed E-state index contributed by atoms with van der Waals surface area (Å²) in [7, 11) is 2.08. The number of nitrogens with zero attached hydrogens (tertiary/aromatic N) is 1. The van der Waals surface area contributed by atoms with Crippen molar-refractivity contribution in [3.05, 3.63) is 63.1 Å². The van der Waals surface area contributed by atoms with Crippen molar-refractivity contribution in [2.45, 2.75) is 13.0 Å². The molecule has 0 spiro atoms. The van der Waals surface area contributed by atoms with Crippen LogP contribution in [0.15, 0.2) is 46.9 Å². The molecule has 0 saturated heterocycles. The number of halogens is 2. The molecular formula is C16H18BrClN2. The first kappa shape index (κ1) is 15.4. The molecule has 0 radical (unpaired) electrons. The standard InChI is InChI=1S/C16H18BrClN2/c1-20(11-12-2-5-14(17)6-3-12)16-10-15(18)7-4-13(16)8-9-19/h2-7,10H,8-9,11,19H2,1H3. The van der Waals surface area contributed by atoms with Gasteiger partial charge in [0, 0.05) is 28.8 Å². The van der Waals surface area contributed by atoms with E-state index in [2.05, 4.69) is 58.2 Å². The van der Waals surface area contributed by atoms with Crippen LogP contribution >= 0.6 is 27.5 Å². The molecule has 20 heavy (non-hydrogen) atoms. The van der Waals surface area contributed by atoms with E-state index in [4.69, 9.17) is 17.3 Å². The summed E-state index contributed by atoms with van der Waals surface area (Å²) in [5.41, 5.74) is 9.32. The highest BCUT2D eigenvalue weighted by Gasteiger charge is 2.08. The lowest BCUT2D eigenvalue weighted by Gasteiger charge is -2.23. The molecule has 0 fully saturated rings. The largest absolute Gasteiger partial charge is 0.370 e. The molecule has 0 aromatic heterocycles. The number of anilines is 1. The summed E-state index contributed by atoms with van der Waals surface area (Å²) in [5, 5.41) is 0.753. The fourth-order valence-electron chi connectivity index (χ4n) is 2.21. The Kier molecular flexibility index (Phi) is 5.46. The Labute approximate surface area is 133 Å². The van der Waals surface area contributed by atoms with Gasteiger partial charge in [-0.1, -0.05) is 45.7 Å². The molecule has 0 aliphatic carbocycles. The van der Waals surface area contributed by atoms with E-state index in [1.165, 1.54) is 11.1 Å². The van der Waals surface area contributed by atoms with Gasteiger partial charge in [0.05, 0.1) is 0 Å². The third kappa shape index (κ3) is 3.98. The van der Waals surface area contributed by atoms with Crippen LogP contribution in [-0.4, -0.2) is 13.6 Å². The summed E-state index contributed by atoms with van der Waals surface area (Å²) in [5.74, 6) is 0. The molecule has 0 aliphatic heterocycles. The first-order valence-electron chi connectivity index (χ1n) is 6.54. The summed E-state index contributed by atoms with van der Waals surface area (Å²) in [4.78, 5) is 2.21. The Morgan fingerprint density at radius 1 is 1.15 bits per heavy atom. The summed E-state index contributed by atoms with van der Waals surface area (Å²) in [6, 6.07) is 14.3. The Balaban J connectivity index is 2.21. The fraction of sp³-hybridized carbons (Fsp3) is 0.250. The summed E-state index contributed by atoms with van der Waals surface area (Å²) in [6.45, 7) is 1.48. The molecule has 2 aromatic rings. The van der Waals surface area contributed by atoms with Crippen molar-refractivity contribution < 1.29 is 0 Å². The maximum atomic E-state index is 6.12. The van der Waals surface area contributed by atoms with Crippen LogP contribution in [0.1, 0.15) is 11.1 Å². The first-order chi connectivity index (χ1) is 9.60. The monoisotopic (exact) mass is 352 g/mol. The van der Waals surface area contributed by atoms with E-state index >= 15 is 0 Å². The van der Waals surface area contributed by atoms with Crippen molar-refractivity contribution in [2.75, 3.05) is 18.5 Å². The molecule has 0 amide bonds. The molecule has 0 bridgehead atoms. The quantitative estimate of drug-likeness (QED) is 0.871. The zero-order chi connectivity index (χ0) is 14.5. The average Bonchev–Trinajstić information content (AvgIpc) is 2.43. The summed E-state index contributed by atoms with van der Waals surface area (Å²) in [6.07, 6.45) is 0.858. The van der Waals surface area contributed by atoms with Crippen molar-refractivity contribution in [2.24, 2.45) is 5.73 Å². The molecular weight excluding hydrogens is 336 g/mol. The van der Waals surface area contributed by atoms with Crippen LogP contribution < -0.4 is 10.6 Å². The lowest BCUT2D eigenvalue weighted by Crippen LogP contribution is -2.19. The fourth-order valence-corrected chi connectivity index (χ4v) is 2.64. The maximum absolute atomic E-state index is 6.12. The highest BCUT2D eigenvalue weighted by atomic mass is 79.9. The molecule has 2 nitrogen and oxygen atoms in total. The van der Waals surface area contributed by atoms with Crippen LogP contribution in [0.3, 0.4) is 0 Å². The number of benzene rings is 2. The van der Waals surface area contributed by atoms with Gasteiger partial charge >= 0.3 is 0 Å². The van der Waals surface area contributed by atoms with Gasteiger partial charge in [-0.2, -0.15) is 0 Å². The maximum Gasteiger partial charge on any atom is 0.0426 e. The number of hydrogen-bond acceptors (Lipinski definition) is 2. The number of nitrogens with two attached hydrogens (primary N) is 1. The molecule has 0 atom stereocenters. The normalized spacial score (nSPS) is 10.6. The molecule has 0 unspecified atom stereocenters. The van der Waals surface area contributed by atoms with E-state index in [9.17, 15) is 0 Å². The van der Waals surface area contributed by atoms with E-state index in [-0.39, 0.29) is 0 Å². The van der Waals surface area contributed by atoms with Crippen LogP contribution in [0, 0.1) is 0 Å². The van der Waals surface area contributed by atoms with Crippen LogP contribution in [0.25, 0.3) is 0 Å². The van der Waals surface area contributed by atoms with Gasteiger partial charge in [-0.15, -0.1) is 0 Å². The number of hydrogen-bond donors (Lipinski definition) is 1. The molecule has 106 valence electrons. The second-order valence-corrected chi connectivity index (χ2v) is 6.15. The van der Waals surface area contributed by atoms with Crippen molar-refractivity contribution >= 4 is 33.2 Å². The lowest BCUT2D eigenvalue weighted by atomic mass is 10.1. The van der Waals surface area contributed by atoms with E-state index in [0.717, 1.165) is 28.1 Å². The minimum absolute atomic E-state index is 0.640. The van der Waals surface area contributed by atoms with Crippen molar-refractivity contribution in [1.82, 2.24) is 0 Å². The van der Waals surface area contributed by atoms with Crippen LogP contribution in [-0.2, 0) is 13.0 Å². The van der Waals surface area contributed by atoms with Gasteiger partial charge in [0.2, 0.25) is 0 Å². The summed E-state index contributed by atoms with van der Waals surface area (Å²) < 4.78 is 1.09. The third-order valence-corrected chi connectivity index (χ3v) is 3.97. The molecule has 2 aromatic carbocycles.